The summed E-state index contributed by atoms with van der Waals surface area (Å²) in [7, 11) is 1.90. The Balaban J connectivity index is 2.42. The van der Waals surface area contributed by atoms with Gasteiger partial charge in [-0.25, -0.2) is 4.79 Å². The van der Waals surface area contributed by atoms with Gasteiger partial charge in [-0.05, 0) is 52.5 Å². The highest BCUT2D eigenvalue weighted by Gasteiger charge is 2.30. The fraction of sp³-hybridized carbons (Fsp3) is 0.929. The number of hydrogen-bond acceptors (Lipinski definition) is 4. The van der Waals surface area contributed by atoms with Crippen molar-refractivity contribution < 1.29 is 14.6 Å². The first-order chi connectivity index (χ1) is 8.87. The Morgan fingerprint density at radius 1 is 1.42 bits per heavy atom. The van der Waals surface area contributed by atoms with E-state index < -0.39 is 5.60 Å². The molecule has 1 atom stereocenters. The Morgan fingerprint density at radius 2 is 2.00 bits per heavy atom. The standard InChI is InChI=1S/C14H28N2O3/c1-14(2,3)19-13(18)16-7-5-11(6-8-16)12(10-17)9-15-4/h11-12,15,17H,5-10H2,1-4H3. The van der Waals surface area contributed by atoms with Crippen LogP contribution in [0.25, 0.3) is 0 Å². The molecule has 0 radical (unpaired) electrons. The number of carbonyl (C=O) groups is 1. The van der Waals surface area contributed by atoms with Gasteiger partial charge in [0.15, 0.2) is 0 Å². The van der Waals surface area contributed by atoms with Gasteiger partial charge in [-0.2, -0.15) is 0 Å². The van der Waals surface area contributed by atoms with Crippen LogP contribution >= 0.6 is 0 Å². The van der Waals surface area contributed by atoms with E-state index in [4.69, 9.17) is 4.74 Å². The average Bonchev–Trinajstić information content (AvgIpc) is 2.34. The number of rotatable bonds is 4. The van der Waals surface area contributed by atoms with Gasteiger partial charge in [-0.3, -0.25) is 0 Å². The smallest absolute Gasteiger partial charge is 0.410 e. The summed E-state index contributed by atoms with van der Waals surface area (Å²) in [6.45, 7) is 8.12. The lowest BCUT2D eigenvalue weighted by atomic mass is 9.84. The highest BCUT2D eigenvalue weighted by molar-refractivity contribution is 5.68. The van der Waals surface area contributed by atoms with Crippen molar-refractivity contribution in [3.05, 3.63) is 0 Å². The van der Waals surface area contributed by atoms with Crippen LogP contribution in [0.15, 0.2) is 0 Å². The number of piperidine rings is 1. The maximum atomic E-state index is 11.9. The maximum absolute atomic E-state index is 11.9. The molecule has 1 amide bonds. The third kappa shape index (κ3) is 5.37. The lowest BCUT2D eigenvalue weighted by Gasteiger charge is -2.36. The van der Waals surface area contributed by atoms with Gasteiger partial charge in [0.2, 0.25) is 0 Å². The third-order valence-electron chi connectivity index (χ3n) is 3.56. The van der Waals surface area contributed by atoms with E-state index >= 15 is 0 Å². The largest absolute Gasteiger partial charge is 0.444 e. The van der Waals surface area contributed by atoms with Gasteiger partial charge in [0.05, 0.1) is 0 Å². The van der Waals surface area contributed by atoms with E-state index in [9.17, 15) is 9.90 Å². The van der Waals surface area contributed by atoms with Crippen LogP contribution in [-0.2, 0) is 4.74 Å². The number of nitrogens with zero attached hydrogens (tertiary/aromatic N) is 1. The molecule has 1 rings (SSSR count). The topological polar surface area (TPSA) is 61.8 Å². The van der Waals surface area contributed by atoms with Crippen molar-refractivity contribution in [1.82, 2.24) is 10.2 Å². The number of carbonyl (C=O) groups excluding carboxylic acids is 1. The van der Waals surface area contributed by atoms with E-state index in [1.807, 2.05) is 27.8 Å². The Morgan fingerprint density at radius 3 is 2.42 bits per heavy atom. The molecule has 1 saturated heterocycles. The molecule has 5 nitrogen and oxygen atoms in total. The van der Waals surface area contributed by atoms with Crippen molar-refractivity contribution >= 4 is 6.09 Å². The van der Waals surface area contributed by atoms with Crippen LogP contribution in [-0.4, -0.2) is 55.0 Å². The molecule has 0 aromatic rings. The molecule has 112 valence electrons. The summed E-state index contributed by atoms with van der Waals surface area (Å²) in [5, 5.41) is 12.5. The molecular weight excluding hydrogens is 244 g/mol. The Hall–Kier alpha value is -0.810. The molecule has 1 heterocycles. The zero-order valence-corrected chi connectivity index (χ0v) is 12.6. The Labute approximate surface area is 116 Å². The van der Waals surface area contributed by atoms with Gasteiger partial charge in [0.25, 0.3) is 0 Å². The van der Waals surface area contributed by atoms with E-state index in [2.05, 4.69) is 5.32 Å². The van der Waals surface area contributed by atoms with Crippen LogP contribution in [0.1, 0.15) is 33.6 Å². The van der Waals surface area contributed by atoms with E-state index in [0.717, 1.165) is 32.5 Å². The molecule has 5 heteroatoms. The van der Waals surface area contributed by atoms with Crippen molar-refractivity contribution in [2.75, 3.05) is 33.3 Å². The van der Waals surface area contributed by atoms with E-state index in [1.54, 1.807) is 4.90 Å². The number of nitrogens with one attached hydrogen (secondary N) is 1. The molecule has 0 saturated carbocycles. The molecule has 0 bridgehead atoms. The normalized spacial score (nSPS) is 19.3. The summed E-state index contributed by atoms with van der Waals surface area (Å²) < 4.78 is 5.37. The summed E-state index contributed by atoms with van der Waals surface area (Å²) in [6, 6.07) is 0. The molecule has 0 aromatic heterocycles. The van der Waals surface area contributed by atoms with Gasteiger partial charge in [-0.1, -0.05) is 0 Å². The molecule has 2 N–H and O–H groups in total. The molecule has 1 unspecified atom stereocenters. The second kappa shape index (κ2) is 7.10. The predicted octanol–water partition coefficient (Wildman–Crippen LogP) is 1.46. The summed E-state index contributed by atoms with van der Waals surface area (Å²) in [4.78, 5) is 13.7. The van der Waals surface area contributed by atoms with Crippen molar-refractivity contribution in [3.8, 4) is 0 Å². The van der Waals surface area contributed by atoms with Crippen LogP contribution in [0, 0.1) is 11.8 Å². The highest BCUT2D eigenvalue weighted by Crippen LogP contribution is 2.25. The second-order valence-corrected chi connectivity index (χ2v) is 6.31. The van der Waals surface area contributed by atoms with Gasteiger partial charge >= 0.3 is 6.09 Å². The number of ether oxygens (including phenoxy) is 1. The van der Waals surface area contributed by atoms with Crippen molar-refractivity contribution in [2.45, 2.75) is 39.2 Å². The Bertz CT molecular complexity index is 281. The number of likely N-dealkylation sites (tertiary alicyclic amines) is 1. The van der Waals surface area contributed by atoms with Gasteiger partial charge in [-0.15, -0.1) is 0 Å². The van der Waals surface area contributed by atoms with Gasteiger partial charge < -0.3 is 20.1 Å². The maximum Gasteiger partial charge on any atom is 0.410 e. The number of hydrogen-bond donors (Lipinski definition) is 2. The summed E-state index contributed by atoms with van der Waals surface area (Å²) >= 11 is 0. The fourth-order valence-electron chi connectivity index (χ4n) is 2.52. The average molecular weight is 272 g/mol. The summed E-state index contributed by atoms with van der Waals surface area (Å²) in [5.41, 5.74) is -0.437. The van der Waals surface area contributed by atoms with Crippen LogP contribution < -0.4 is 5.32 Å². The van der Waals surface area contributed by atoms with Gasteiger partial charge in [0, 0.05) is 26.2 Å². The van der Waals surface area contributed by atoms with E-state index in [1.165, 1.54) is 0 Å². The van der Waals surface area contributed by atoms with E-state index in [0.29, 0.717) is 5.92 Å². The third-order valence-corrected chi connectivity index (χ3v) is 3.56. The fourth-order valence-corrected chi connectivity index (χ4v) is 2.52. The minimum Gasteiger partial charge on any atom is -0.444 e. The first-order valence-electron chi connectivity index (χ1n) is 7.10. The molecule has 1 fully saturated rings. The van der Waals surface area contributed by atoms with Crippen molar-refractivity contribution in [2.24, 2.45) is 11.8 Å². The molecule has 1 aliphatic rings. The molecular formula is C14H28N2O3. The first kappa shape index (κ1) is 16.2. The lowest BCUT2D eigenvalue weighted by Crippen LogP contribution is -2.44. The van der Waals surface area contributed by atoms with E-state index in [-0.39, 0.29) is 18.6 Å². The van der Waals surface area contributed by atoms with Crippen LogP contribution in [0.5, 0.6) is 0 Å². The van der Waals surface area contributed by atoms with Crippen LogP contribution in [0.3, 0.4) is 0 Å². The monoisotopic (exact) mass is 272 g/mol. The minimum atomic E-state index is -0.437. The molecule has 1 aliphatic heterocycles. The predicted molar refractivity (Wildman–Crippen MR) is 75.0 cm³/mol. The summed E-state index contributed by atoms with van der Waals surface area (Å²) in [6.07, 6.45) is 1.65. The molecule has 0 aliphatic carbocycles. The number of aliphatic hydroxyl groups is 1. The van der Waals surface area contributed by atoms with Gasteiger partial charge in [0.1, 0.15) is 5.60 Å². The number of amides is 1. The number of aliphatic hydroxyl groups excluding tert-OH is 1. The Kier molecular flexibility index (Phi) is 6.07. The summed E-state index contributed by atoms with van der Waals surface area (Å²) in [5.74, 6) is 0.766. The quantitative estimate of drug-likeness (QED) is 0.813. The minimum absolute atomic E-state index is 0.206. The zero-order chi connectivity index (χ0) is 14.5. The van der Waals surface area contributed by atoms with Crippen LogP contribution in [0.4, 0.5) is 4.79 Å². The SMILES string of the molecule is CNCC(CO)C1CCN(C(=O)OC(C)(C)C)CC1. The molecule has 0 aromatic carbocycles. The zero-order valence-electron chi connectivity index (χ0n) is 12.6. The van der Waals surface area contributed by atoms with Crippen molar-refractivity contribution in [3.63, 3.8) is 0 Å². The van der Waals surface area contributed by atoms with Crippen molar-refractivity contribution in [1.29, 1.82) is 0 Å². The highest BCUT2D eigenvalue weighted by atomic mass is 16.6. The molecule has 19 heavy (non-hydrogen) atoms. The van der Waals surface area contributed by atoms with Crippen LogP contribution in [0.2, 0.25) is 0 Å². The molecule has 0 spiro atoms. The second-order valence-electron chi connectivity index (χ2n) is 6.31. The first-order valence-corrected chi connectivity index (χ1v) is 7.10. The lowest BCUT2D eigenvalue weighted by molar-refractivity contribution is 0.0142.